The Hall–Kier alpha value is -3.27. The van der Waals surface area contributed by atoms with Crippen LogP contribution in [0, 0.1) is 0 Å². The average Bonchev–Trinajstić information content (AvgIpc) is 3.54. The van der Waals surface area contributed by atoms with Gasteiger partial charge in [0.05, 0.1) is 12.6 Å². The van der Waals surface area contributed by atoms with Gasteiger partial charge in [-0.15, -0.1) is 0 Å². The maximum absolute atomic E-state index is 14.0. The quantitative estimate of drug-likeness (QED) is 0.419. The Kier molecular flexibility index (Phi) is 8.88. The van der Waals surface area contributed by atoms with Gasteiger partial charge >= 0.3 is 0 Å². The highest BCUT2D eigenvalue weighted by Crippen LogP contribution is 2.36. The Bertz CT molecular complexity index is 1350. The summed E-state index contributed by atoms with van der Waals surface area (Å²) >= 11 is 6.13. The van der Waals surface area contributed by atoms with Crippen molar-refractivity contribution in [2.45, 2.75) is 75.7 Å². The van der Waals surface area contributed by atoms with Gasteiger partial charge in [0, 0.05) is 49.7 Å². The molecule has 2 aliphatic heterocycles. The van der Waals surface area contributed by atoms with Crippen molar-refractivity contribution < 1.29 is 9.59 Å². The molecule has 1 saturated heterocycles. The van der Waals surface area contributed by atoms with Gasteiger partial charge < -0.3 is 15.5 Å². The highest BCUT2D eigenvalue weighted by molar-refractivity contribution is 6.30. The number of nitrogens with one attached hydrogen (secondary N) is 2. The molecule has 0 spiro atoms. The molecule has 0 radical (unpaired) electrons. The zero-order valence-corrected chi connectivity index (χ0v) is 24.8. The highest BCUT2D eigenvalue weighted by atomic mass is 35.5. The van der Waals surface area contributed by atoms with Crippen LogP contribution in [0.25, 0.3) is 0 Å². The molecule has 1 aromatic heterocycles. The molecule has 2 aromatic carbocycles. The van der Waals surface area contributed by atoms with Crippen LogP contribution < -0.4 is 10.6 Å². The van der Waals surface area contributed by atoms with Crippen molar-refractivity contribution in [1.29, 1.82) is 0 Å². The van der Waals surface area contributed by atoms with Gasteiger partial charge in [-0.2, -0.15) is 5.10 Å². The van der Waals surface area contributed by atoms with Crippen LogP contribution in [-0.4, -0.2) is 80.2 Å². The lowest BCUT2D eigenvalue weighted by molar-refractivity contribution is -0.139. The SMILES string of the molecule is O=C(N[C@H](Cc1ccc(Cl)cc1)C(=O)N1CCN(C2(Cn3cncn3)CCCCC2)CC1)[C@H]1Cc2ccccc2CN1. The van der Waals surface area contributed by atoms with Crippen LogP contribution in [0.1, 0.15) is 48.8 Å². The second-order valence-corrected chi connectivity index (χ2v) is 12.4. The summed E-state index contributed by atoms with van der Waals surface area (Å²) in [6, 6.07) is 14.7. The molecule has 9 nitrogen and oxygen atoms in total. The fraction of sp³-hybridized carbons (Fsp3) is 0.500. The van der Waals surface area contributed by atoms with Crippen LogP contribution >= 0.6 is 11.6 Å². The van der Waals surface area contributed by atoms with E-state index in [9.17, 15) is 9.59 Å². The van der Waals surface area contributed by atoms with Gasteiger partial charge in [0.1, 0.15) is 18.7 Å². The maximum atomic E-state index is 14.0. The number of hydrogen-bond donors (Lipinski definition) is 2. The van der Waals surface area contributed by atoms with E-state index in [2.05, 4.69) is 37.7 Å². The molecule has 0 bridgehead atoms. The zero-order valence-electron chi connectivity index (χ0n) is 24.1. The van der Waals surface area contributed by atoms with Crippen LogP contribution in [0.5, 0.6) is 0 Å². The van der Waals surface area contributed by atoms with Crippen LogP contribution in [0.15, 0.2) is 61.2 Å². The van der Waals surface area contributed by atoms with Gasteiger partial charge in [0.2, 0.25) is 11.8 Å². The number of hydrogen-bond acceptors (Lipinski definition) is 6. The number of piperazine rings is 1. The molecule has 1 saturated carbocycles. The van der Waals surface area contributed by atoms with Crippen LogP contribution in [-0.2, 0) is 35.5 Å². The Balaban J connectivity index is 1.14. The minimum Gasteiger partial charge on any atom is -0.343 e. The van der Waals surface area contributed by atoms with Gasteiger partial charge in [0.25, 0.3) is 0 Å². The molecule has 3 aliphatic rings. The van der Waals surface area contributed by atoms with Crippen LogP contribution in [0.2, 0.25) is 5.02 Å². The van der Waals surface area contributed by atoms with E-state index in [0.717, 1.165) is 38.0 Å². The predicted molar refractivity (Wildman–Crippen MR) is 162 cm³/mol. The first kappa shape index (κ1) is 28.8. The first-order chi connectivity index (χ1) is 20.5. The molecular weight excluding hydrogens is 550 g/mol. The van der Waals surface area contributed by atoms with E-state index in [-0.39, 0.29) is 23.4 Å². The fourth-order valence-electron chi connectivity index (χ4n) is 6.99. The lowest BCUT2D eigenvalue weighted by Gasteiger charge is -2.50. The summed E-state index contributed by atoms with van der Waals surface area (Å²) in [5.41, 5.74) is 3.40. The number of fused-ring (bicyclic) bond motifs is 1. The molecule has 42 heavy (non-hydrogen) atoms. The fourth-order valence-corrected chi connectivity index (χ4v) is 7.12. The van der Waals surface area contributed by atoms with Crippen LogP contribution in [0.3, 0.4) is 0 Å². The molecule has 6 rings (SSSR count). The van der Waals surface area contributed by atoms with Crippen molar-refractivity contribution in [1.82, 2.24) is 35.2 Å². The van der Waals surface area contributed by atoms with Crippen molar-refractivity contribution in [2.24, 2.45) is 0 Å². The third kappa shape index (κ3) is 6.53. The highest BCUT2D eigenvalue weighted by Gasteiger charge is 2.41. The number of benzene rings is 2. The van der Waals surface area contributed by atoms with Gasteiger partial charge in [-0.25, -0.2) is 4.98 Å². The molecule has 1 aliphatic carbocycles. The van der Waals surface area contributed by atoms with Gasteiger partial charge in [-0.05, 0) is 48.1 Å². The smallest absolute Gasteiger partial charge is 0.245 e. The number of aromatic nitrogens is 3. The molecule has 222 valence electrons. The zero-order chi connectivity index (χ0) is 28.9. The van der Waals surface area contributed by atoms with Gasteiger partial charge in [-0.1, -0.05) is 67.3 Å². The molecule has 3 aromatic rings. The summed E-state index contributed by atoms with van der Waals surface area (Å²) in [6.45, 7) is 4.36. The topological polar surface area (TPSA) is 95.4 Å². The summed E-state index contributed by atoms with van der Waals surface area (Å²) in [6.07, 6.45) is 10.4. The third-order valence-electron chi connectivity index (χ3n) is 9.33. The Labute approximate surface area is 252 Å². The molecule has 0 unspecified atom stereocenters. The minimum absolute atomic E-state index is 0.0249. The number of amides is 2. The monoisotopic (exact) mass is 589 g/mol. The van der Waals surface area contributed by atoms with E-state index >= 15 is 0 Å². The predicted octanol–water partition coefficient (Wildman–Crippen LogP) is 3.22. The average molecular weight is 590 g/mol. The largest absolute Gasteiger partial charge is 0.343 e. The molecule has 10 heteroatoms. The van der Waals surface area contributed by atoms with Crippen molar-refractivity contribution >= 4 is 23.4 Å². The second-order valence-electron chi connectivity index (χ2n) is 12.0. The Morgan fingerprint density at radius 3 is 2.45 bits per heavy atom. The molecule has 2 amide bonds. The minimum atomic E-state index is -0.650. The van der Waals surface area contributed by atoms with E-state index in [1.807, 2.05) is 46.0 Å². The molecule has 3 heterocycles. The molecule has 2 fully saturated rings. The Morgan fingerprint density at radius 2 is 1.74 bits per heavy atom. The lowest BCUT2D eigenvalue weighted by atomic mass is 9.79. The first-order valence-electron chi connectivity index (χ1n) is 15.2. The van der Waals surface area contributed by atoms with Crippen molar-refractivity contribution in [3.05, 3.63) is 82.9 Å². The summed E-state index contributed by atoms with van der Waals surface area (Å²) in [5, 5.41) is 11.5. The van der Waals surface area contributed by atoms with Gasteiger partial charge in [-0.3, -0.25) is 19.2 Å². The van der Waals surface area contributed by atoms with Crippen molar-refractivity contribution in [3.63, 3.8) is 0 Å². The summed E-state index contributed by atoms with van der Waals surface area (Å²) in [4.78, 5) is 36.2. The van der Waals surface area contributed by atoms with Gasteiger partial charge in [0.15, 0.2) is 0 Å². The number of rotatable bonds is 8. The number of nitrogens with zero attached hydrogens (tertiary/aromatic N) is 5. The van der Waals surface area contributed by atoms with Crippen molar-refractivity contribution in [2.75, 3.05) is 26.2 Å². The number of carbonyl (C=O) groups is 2. The standard InChI is InChI=1S/C32H40ClN7O2/c33-27-10-8-24(9-11-27)18-29(37-30(41)28-19-25-6-2-3-7-26(25)20-35-28)31(42)38-14-16-39(17-15-38)32(12-4-1-5-13-32)21-40-23-34-22-36-40/h2-3,6-11,22-23,28-29,35H,1,4-5,12-21H2,(H,37,41)/t28-,29-/m1/s1. The van der Waals surface area contributed by atoms with Crippen LogP contribution in [0.4, 0.5) is 0 Å². The summed E-state index contributed by atoms with van der Waals surface area (Å²) in [7, 11) is 0. The lowest BCUT2D eigenvalue weighted by Crippen LogP contribution is -2.62. The van der Waals surface area contributed by atoms with E-state index < -0.39 is 6.04 Å². The van der Waals surface area contributed by atoms with E-state index in [1.165, 1.54) is 30.4 Å². The number of halogens is 1. The maximum Gasteiger partial charge on any atom is 0.245 e. The van der Waals surface area contributed by atoms with E-state index in [4.69, 9.17) is 11.6 Å². The third-order valence-corrected chi connectivity index (χ3v) is 9.59. The summed E-state index contributed by atoms with van der Waals surface area (Å²) in [5.74, 6) is -0.160. The second kappa shape index (κ2) is 12.9. The van der Waals surface area contributed by atoms with E-state index in [1.54, 1.807) is 12.7 Å². The molecule has 2 atom stereocenters. The Morgan fingerprint density at radius 1 is 1.00 bits per heavy atom. The molecule has 2 N–H and O–H groups in total. The normalized spacial score (nSPS) is 21.4. The first-order valence-corrected chi connectivity index (χ1v) is 15.6. The van der Waals surface area contributed by atoms with Crippen molar-refractivity contribution in [3.8, 4) is 0 Å². The molecular formula is C32H40ClN7O2. The van der Waals surface area contributed by atoms with E-state index in [0.29, 0.717) is 37.5 Å². The number of carbonyl (C=O) groups excluding carboxylic acids is 2. The summed E-state index contributed by atoms with van der Waals surface area (Å²) < 4.78 is 1.96.